The largest absolute Gasteiger partial charge is 0.270 e. The summed E-state index contributed by atoms with van der Waals surface area (Å²) in [5.41, 5.74) is 0.974. The van der Waals surface area contributed by atoms with Gasteiger partial charge in [-0.1, -0.05) is 28.1 Å². The summed E-state index contributed by atoms with van der Waals surface area (Å²) in [7, 11) is 0. The van der Waals surface area contributed by atoms with Gasteiger partial charge in [0.2, 0.25) is 0 Å². The molecule has 19 heavy (non-hydrogen) atoms. The van der Waals surface area contributed by atoms with Crippen LogP contribution >= 0.6 is 15.9 Å². The molecule has 2 aromatic rings. The number of rotatable bonds is 3. The van der Waals surface area contributed by atoms with Crippen LogP contribution in [0.2, 0.25) is 0 Å². The lowest BCUT2D eigenvalue weighted by Gasteiger charge is -2.06. The zero-order chi connectivity index (χ0) is 14.0. The first kappa shape index (κ1) is 13.6. The maximum atomic E-state index is 13.5. The summed E-state index contributed by atoms with van der Waals surface area (Å²) in [5.74, 6) is -1.27. The first-order valence-corrected chi connectivity index (χ1v) is 6.13. The van der Waals surface area contributed by atoms with E-state index in [1.54, 1.807) is 6.07 Å². The van der Waals surface area contributed by atoms with E-state index in [-0.39, 0.29) is 12.1 Å². The van der Waals surface area contributed by atoms with E-state index >= 15 is 0 Å². The van der Waals surface area contributed by atoms with Crippen LogP contribution < -0.4 is 0 Å². The van der Waals surface area contributed by atoms with Gasteiger partial charge < -0.3 is 0 Å². The van der Waals surface area contributed by atoms with Crippen LogP contribution in [0, 0.1) is 21.7 Å². The van der Waals surface area contributed by atoms with Crippen LogP contribution in [0.4, 0.5) is 14.5 Å². The van der Waals surface area contributed by atoms with Crippen molar-refractivity contribution in [3.05, 3.63) is 73.7 Å². The van der Waals surface area contributed by atoms with Gasteiger partial charge in [0.25, 0.3) is 5.69 Å². The maximum Gasteiger partial charge on any atom is 0.270 e. The first-order chi connectivity index (χ1) is 8.97. The van der Waals surface area contributed by atoms with Crippen molar-refractivity contribution in [3.8, 4) is 0 Å². The Balaban J connectivity index is 2.31. The molecule has 0 amide bonds. The van der Waals surface area contributed by atoms with Gasteiger partial charge in [-0.2, -0.15) is 0 Å². The fraction of sp³-hybridized carbons (Fsp3) is 0.0769. The highest BCUT2D eigenvalue weighted by atomic mass is 79.9. The summed E-state index contributed by atoms with van der Waals surface area (Å²) < 4.78 is 26.8. The van der Waals surface area contributed by atoms with Gasteiger partial charge >= 0.3 is 0 Å². The third-order valence-electron chi connectivity index (χ3n) is 2.64. The molecule has 2 aromatic carbocycles. The third kappa shape index (κ3) is 3.14. The summed E-state index contributed by atoms with van der Waals surface area (Å²) in [6.07, 6.45) is 0.227. The van der Waals surface area contributed by atoms with Crippen molar-refractivity contribution in [2.24, 2.45) is 0 Å². The van der Waals surface area contributed by atoms with Crippen LogP contribution in [0.3, 0.4) is 0 Å². The molecule has 0 unspecified atom stereocenters. The van der Waals surface area contributed by atoms with Crippen molar-refractivity contribution in [2.45, 2.75) is 6.42 Å². The number of nitro groups is 1. The molecule has 0 aliphatic carbocycles. The Morgan fingerprint density at radius 2 is 1.79 bits per heavy atom. The van der Waals surface area contributed by atoms with E-state index in [4.69, 9.17) is 0 Å². The Morgan fingerprint density at radius 3 is 2.37 bits per heavy atom. The Labute approximate surface area is 116 Å². The Bertz CT molecular complexity index is 647. The van der Waals surface area contributed by atoms with Crippen molar-refractivity contribution < 1.29 is 13.7 Å². The monoisotopic (exact) mass is 327 g/mol. The van der Waals surface area contributed by atoms with E-state index in [1.807, 2.05) is 0 Å². The van der Waals surface area contributed by atoms with Crippen LogP contribution in [0.5, 0.6) is 0 Å². The van der Waals surface area contributed by atoms with Crippen LogP contribution in [-0.4, -0.2) is 4.92 Å². The summed E-state index contributed by atoms with van der Waals surface area (Å²) in [6, 6.07) is 7.61. The van der Waals surface area contributed by atoms with Gasteiger partial charge in [0, 0.05) is 29.1 Å². The normalized spacial score (nSPS) is 10.5. The second kappa shape index (κ2) is 5.44. The van der Waals surface area contributed by atoms with Crippen LogP contribution in [0.15, 0.2) is 40.9 Å². The molecule has 0 saturated heterocycles. The molecule has 0 radical (unpaired) electrons. The summed E-state index contributed by atoms with van der Waals surface area (Å²) in [5, 5.41) is 10.6. The van der Waals surface area contributed by atoms with Gasteiger partial charge in [0.1, 0.15) is 11.6 Å². The molecule has 2 rings (SSSR count). The molecule has 0 bridgehead atoms. The molecule has 0 aromatic heterocycles. The van der Waals surface area contributed by atoms with E-state index in [0.717, 1.165) is 6.07 Å². The average molecular weight is 328 g/mol. The number of benzene rings is 2. The molecule has 0 atom stereocenters. The quantitative estimate of drug-likeness (QED) is 0.625. The lowest BCUT2D eigenvalue weighted by atomic mass is 10.0. The minimum atomic E-state index is -0.635. The second-order valence-electron chi connectivity index (χ2n) is 3.95. The fourth-order valence-electron chi connectivity index (χ4n) is 1.66. The summed E-state index contributed by atoms with van der Waals surface area (Å²) in [4.78, 5) is 10.1. The maximum absolute atomic E-state index is 13.5. The smallest absolute Gasteiger partial charge is 0.258 e. The summed E-state index contributed by atoms with van der Waals surface area (Å²) in [6.45, 7) is 0. The van der Waals surface area contributed by atoms with Crippen molar-refractivity contribution in [2.75, 3.05) is 0 Å². The molecule has 98 valence electrons. The van der Waals surface area contributed by atoms with E-state index in [0.29, 0.717) is 15.6 Å². The first-order valence-electron chi connectivity index (χ1n) is 5.34. The van der Waals surface area contributed by atoms with Crippen molar-refractivity contribution >= 4 is 21.6 Å². The minimum absolute atomic E-state index is 0.0461. The van der Waals surface area contributed by atoms with E-state index in [1.165, 1.54) is 24.3 Å². The van der Waals surface area contributed by atoms with E-state index < -0.39 is 16.6 Å². The average Bonchev–Trinajstić information content (AvgIpc) is 2.34. The lowest BCUT2D eigenvalue weighted by Crippen LogP contribution is -1.96. The molecule has 0 heterocycles. The van der Waals surface area contributed by atoms with Gasteiger partial charge in [0.15, 0.2) is 0 Å². The van der Waals surface area contributed by atoms with Gasteiger partial charge in [-0.15, -0.1) is 0 Å². The number of hydrogen-bond acceptors (Lipinski definition) is 2. The molecule has 0 saturated carbocycles. The molecule has 3 nitrogen and oxygen atoms in total. The second-order valence-corrected chi connectivity index (χ2v) is 4.80. The number of hydrogen-bond donors (Lipinski definition) is 0. The number of halogens is 3. The highest BCUT2D eigenvalue weighted by Gasteiger charge is 2.11. The Kier molecular flexibility index (Phi) is 3.90. The van der Waals surface area contributed by atoms with E-state index in [2.05, 4.69) is 15.9 Å². The molecule has 0 fully saturated rings. The fourth-order valence-corrected chi connectivity index (χ4v) is 2.17. The summed E-state index contributed by atoms with van der Waals surface area (Å²) >= 11 is 3.21. The molecule has 6 heteroatoms. The van der Waals surface area contributed by atoms with Crippen molar-refractivity contribution in [3.63, 3.8) is 0 Å². The molecule has 0 N–H and O–H groups in total. The highest BCUT2D eigenvalue weighted by molar-refractivity contribution is 9.10. The van der Waals surface area contributed by atoms with Crippen LogP contribution in [-0.2, 0) is 6.42 Å². The van der Waals surface area contributed by atoms with Crippen molar-refractivity contribution in [1.82, 2.24) is 0 Å². The van der Waals surface area contributed by atoms with Gasteiger partial charge in [-0.05, 0) is 17.2 Å². The zero-order valence-electron chi connectivity index (χ0n) is 9.57. The molecule has 0 aliphatic heterocycles. The Morgan fingerprint density at radius 1 is 1.11 bits per heavy atom. The number of nitrogens with zero attached hydrogens (tertiary/aromatic N) is 1. The minimum Gasteiger partial charge on any atom is -0.258 e. The number of non-ortho nitro benzene ring substituents is 1. The third-order valence-corrected chi connectivity index (χ3v) is 3.38. The predicted molar refractivity (Wildman–Crippen MR) is 70.0 cm³/mol. The van der Waals surface area contributed by atoms with Crippen LogP contribution in [0.1, 0.15) is 11.1 Å². The Hall–Kier alpha value is -1.82. The molecule has 0 aliphatic rings. The standard InChI is InChI=1S/C13H8BrF2NO2/c14-12-7-11(17(18)19)4-2-8(12)5-9-1-3-10(15)6-13(9)16/h1-4,6-7H,5H2. The topological polar surface area (TPSA) is 43.1 Å². The van der Waals surface area contributed by atoms with Gasteiger partial charge in [-0.3, -0.25) is 10.1 Å². The van der Waals surface area contributed by atoms with Crippen LogP contribution in [0.25, 0.3) is 0 Å². The van der Waals surface area contributed by atoms with Gasteiger partial charge in [0.05, 0.1) is 4.92 Å². The zero-order valence-corrected chi connectivity index (χ0v) is 11.2. The SMILES string of the molecule is O=[N+]([O-])c1ccc(Cc2ccc(F)cc2F)c(Br)c1. The highest BCUT2D eigenvalue weighted by Crippen LogP contribution is 2.26. The van der Waals surface area contributed by atoms with Crippen molar-refractivity contribution in [1.29, 1.82) is 0 Å². The molecule has 0 spiro atoms. The lowest BCUT2D eigenvalue weighted by molar-refractivity contribution is -0.384. The molecular formula is C13H8BrF2NO2. The van der Waals surface area contributed by atoms with E-state index in [9.17, 15) is 18.9 Å². The van der Waals surface area contributed by atoms with Gasteiger partial charge in [-0.25, -0.2) is 8.78 Å². The predicted octanol–water partition coefficient (Wildman–Crippen LogP) is 4.23. The number of nitro benzene ring substituents is 1. The molecular weight excluding hydrogens is 320 g/mol.